The van der Waals surface area contributed by atoms with Crippen LogP contribution in [0.25, 0.3) is 0 Å². The molecule has 24 heavy (non-hydrogen) atoms. The van der Waals surface area contributed by atoms with Crippen LogP contribution >= 0.6 is 0 Å². The molecule has 1 aliphatic carbocycles. The summed E-state index contributed by atoms with van der Waals surface area (Å²) in [4.78, 5) is 12.4. The van der Waals surface area contributed by atoms with Gasteiger partial charge in [0.05, 0.1) is 19.8 Å². The minimum atomic E-state index is -0.0784. The maximum absolute atomic E-state index is 12.4. The topological polar surface area (TPSA) is 56.8 Å². The van der Waals surface area contributed by atoms with Crippen molar-refractivity contribution in [2.45, 2.75) is 32.2 Å². The SMILES string of the molecule is COCCOc1ccc([C@@H](C)NC(=O)[C@H]2CC=CCC2)cc1OC. The van der Waals surface area contributed by atoms with Crippen LogP contribution in [0.15, 0.2) is 30.4 Å². The van der Waals surface area contributed by atoms with E-state index in [1.165, 1.54) is 0 Å². The Labute approximate surface area is 144 Å². The average Bonchev–Trinajstić information content (AvgIpc) is 2.62. The highest BCUT2D eigenvalue weighted by Crippen LogP contribution is 2.30. The molecule has 0 saturated carbocycles. The summed E-state index contributed by atoms with van der Waals surface area (Å²) in [6.45, 7) is 2.97. The largest absolute Gasteiger partial charge is 0.493 e. The molecule has 2 rings (SSSR count). The van der Waals surface area contributed by atoms with Crippen LogP contribution in [-0.4, -0.2) is 33.3 Å². The Morgan fingerprint density at radius 3 is 2.75 bits per heavy atom. The molecule has 132 valence electrons. The van der Waals surface area contributed by atoms with Gasteiger partial charge < -0.3 is 19.5 Å². The van der Waals surface area contributed by atoms with Gasteiger partial charge in [-0.25, -0.2) is 0 Å². The Hall–Kier alpha value is -2.01. The van der Waals surface area contributed by atoms with Crippen molar-refractivity contribution in [3.63, 3.8) is 0 Å². The van der Waals surface area contributed by atoms with Crippen LogP contribution in [0, 0.1) is 5.92 Å². The summed E-state index contributed by atoms with van der Waals surface area (Å²) in [7, 11) is 3.25. The van der Waals surface area contributed by atoms with Gasteiger partial charge in [-0.2, -0.15) is 0 Å². The molecule has 0 unspecified atom stereocenters. The highest BCUT2D eigenvalue weighted by atomic mass is 16.5. The van der Waals surface area contributed by atoms with Crippen LogP contribution in [0.2, 0.25) is 0 Å². The normalized spacial score (nSPS) is 18.0. The fourth-order valence-electron chi connectivity index (χ4n) is 2.75. The third kappa shape index (κ3) is 4.99. The molecule has 0 bridgehead atoms. The van der Waals surface area contributed by atoms with E-state index >= 15 is 0 Å². The molecule has 2 atom stereocenters. The van der Waals surface area contributed by atoms with Gasteiger partial charge in [-0.05, 0) is 43.9 Å². The van der Waals surface area contributed by atoms with Crippen LogP contribution in [0.5, 0.6) is 11.5 Å². The van der Waals surface area contributed by atoms with Gasteiger partial charge in [0.1, 0.15) is 6.61 Å². The quantitative estimate of drug-likeness (QED) is 0.586. The van der Waals surface area contributed by atoms with Gasteiger partial charge in [0.15, 0.2) is 11.5 Å². The van der Waals surface area contributed by atoms with E-state index in [1.54, 1.807) is 14.2 Å². The second-order valence-corrected chi connectivity index (χ2v) is 5.96. The van der Waals surface area contributed by atoms with Crippen LogP contribution in [0.1, 0.15) is 37.8 Å². The van der Waals surface area contributed by atoms with Gasteiger partial charge in [0.25, 0.3) is 0 Å². The molecule has 0 fully saturated rings. The second-order valence-electron chi connectivity index (χ2n) is 5.96. The lowest BCUT2D eigenvalue weighted by atomic mass is 9.93. The summed E-state index contributed by atoms with van der Waals surface area (Å²) in [5.41, 5.74) is 0.991. The summed E-state index contributed by atoms with van der Waals surface area (Å²) in [5.74, 6) is 1.53. The standard InChI is InChI=1S/C19H27NO4/c1-14(20-19(21)15-7-5-4-6-8-15)16-9-10-17(18(13-16)23-3)24-12-11-22-2/h4-5,9-10,13-15H,6-8,11-12H2,1-3H3,(H,20,21)/t14-,15+/m1/s1. The third-order valence-electron chi connectivity index (χ3n) is 4.23. The molecule has 0 heterocycles. The highest BCUT2D eigenvalue weighted by Gasteiger charge is 2.21. The van der Waals surface area contributed by atoms with Crippen LogP contribution in [0.3, 0.4) is 0 Å². The summed E-state index contributed by atoms with van der Waals surface area (Å²) >= 11 is 0. The first-order valence-corrected chi connectivity index (χ1v) is 8.40. The molecule has 1 aliphatic rings. The molecule has 5 nitrogen and oxygen atoms in total. The predicted octanol–water partition coefficient (Wildman–Crippen LogP) is 3.25. The van der Waals surface area contributed by atoms with Crippen molar-refractivity contribution in [3.05, 3.63) is 35.9 Å². The lowest BCUT2D eigenvalue weighted by Gasteiger charge is -2.22. The van der Waals surface area contributed by atoms with E-state index in [0.29, 0.717) is 24.7 Å². The third-order valence-corrected chi connectivity index (χ3v) is 4.23. The van der Waals surface area contributed by atoms with Crippen molar-refractivity contribution in [3.8, 4) is 11.5 Å². The predicted molar refractivity (Wildman–Crippen MR) is 93.4 cm³/mol. The van der Waals surface area contributed by atoms with Gasteiger partial charge in [-0.15, -0.1) is 0 Å². The smallest absolute Gasteiger partial charge is 0.223 e. The van der Waals surface area contributed by atoms with Crippen LogP contribution in [0.4, 0.5) is 0 Å². The molecular weight excluding hydrogens is 306 g/mol. The number of nitrogens with one attached hydrogen (secondary N) is 1. The van der Waals surface area contributed by atoms with E-state index in [9.17, 15) is 4.79 Å². The van der Waals surface area contributed by atoms with Gasteiger partial charge in [0.2, 0.25) is 5.91 Å². The summed E-state index contributed by atoms with van der Waals surface area (Å²) in [6.07, 6.45) is 6.96. The van der Waals surface area contributed by atoms with Crippen LogP contribution in [-0.2, 0) is 9.53 Å². The van der Waals surface area contributed by atoms with Crippen molar-refractivity contribution >= 4 is 5.91 Å². The molecular formula is C19H27NO4. The number of hydrogen-bond donors (Lipinski definition) is 1. The molecule has 0 aliphatic heterocycles. The van der Waals surface area contributed by atoms with Crippen molar-refractivity contribution < 1.29 is 19.0 Å². The van der Waals surface area contributed by atoms with Crippen molar-refractivity contribution in [1.29, 1.82) is 0 Å². The first-order chi connectivity index (χ1) is 11.7. The number of carbonyl (C=O) groups is 1. The monoisotopic (exact) mass is 333 g/mol. The Bertz CT molecular complexity index is 570. The van der Waals surface area contributed by atoms with Crippen molar-refractivity contribution in [2.24, 2.45) is 5.92 Å². The zero-order valence-electron chi connectivity index (χ0n) is 14.7. The number of benzene rings is 1. The van der Waals surface area contributed by atoms with E-state index in [1.807, 2.05) is 25.1 Å². The maximum Gasteiger partial charge on any atom is 0.223 e. The highest BCUT2D eigenvalue weighted by molar-refractivity contribution is 5.79. The molecule has 0 saturated heterocycles. The summed E-state index contributed by atoms with van der Waals surface area (Å²) in [5, 5.41) is 3.10. The fourth-order valence-corrected chi connectivity index (χ4v) is 2.75. The number of hydrogen-bond acceptors (Lipinski definition) is 4. The van der Waals surface area contributed by atoms with Gasteiger partial charge >= 0.3 is 0 Å². The Morgan fingerprint density at radius 2 is 2.08 bits per heavy atom. The van der Waals surface area contributed by atoms with E-state index in [-0.39, 0.29) is 17.9 Å². The number of ether oxygens (including phenoxy) is 3. The number of allylic oxidation sites excluding steroid dienone is 2. The maximum atomic E-state index is 12.4. The molecule has 0 spiro atoms. The lowest BCUT2D eigenvalue weighted by Crippen LogP contribution is -2.33. The fraction of sp³-hybridized carbons (Fsp3) is 0.526. The molecule has 1 aromatic carbocycles. The van der Waals surface area contributed by atoms with Gasteiger partial charge in [0, 0.05) is 13.0 Å². The van der Waals surface area contributed by atoms with E-state index in [2.05, 4.69) is 17.5 Å². The molecule has 1 N–H and O–H groups in total. The summed E-state index contributed by atoms with van der Waals surface area (Å²) < 4.78 is 16.0. The number of amides is 1. The van der Waals surface area contributed by atoms with E-state index < -0.39 is 0 Å². The average molecular weight is 333 g/mol. The molecule has 1 aromatic rings. The van der Waals surface area contributed by atoms with Crippen molar-refractivity contribution in [1.82, 2.24) is 5.32 Å². The van der Waals surface area contributed by atoms with Crippen LogP contribution < -0.4 is 14.8 Å². The second kappa shape index (κ2) is 9.33. The lowest BCUT2D eigenvalue weighted by molar-refractivity contribution is -0.125. The van der Waals surface area contributed by atoms with Crippen molar-refractivity contribution in [2.75, 3.05) is 27.4 Å². The number of rotatable bonds is 8. The van der Waals surface area contributed by atoms with E-state index in [0.717, 1.165) is 24.8 Å². The molecule has 1 amide bonds. The minimum absolute atomic E-state index is 0.0784. The Kier molecular flexibility index (Phi) is 7.12. The first kappa shape index (κ1) is 18.3. The Morgan fingerprint density at radius 1 is 1.25 bits per heavy atom. The van der Waals surface area contributed by atoms with Gasteiger partial charge in [-0.3, -0.25) is 4.79 Å². The molecule has 5 heteroatoms. The molecule has 0 radical (unpaired) electrons. The molecule has 0 aromatic heterocycles. The van der Waals surface area contributed by atoms with Gasteiger partial charge in [-0.1, -0.05) is 18.2 Å². The van der Waals surface area contributed by atoms with E-state index in [4.69, 9.17) is 14.2 Å². The Balaban J connectivity index is 1.99. The number of methoxy groups -OCH3 is 2. The zero-order chi connectivity index (χ0) is 17.4. The zero-order valence-corrected chi connectivity index (χ0v) is 14.7. The minimum Gasteiger partial charge on any atom is -0.493 e. The summed E-state index contributed by atoms with van der Waals surface area (Å²) in [6, 6.07) is 5.66. The number of carbonyl (C=O) groups excluding carboxylic acids is 1. The first-order valence-electron chi connectivity index (χ1n) is 8.40.